The number of nitrogens with zero attached hydrogens (tertiary/aromatic N) is 1. The number of hydrogen-bond donors (Lipinski definition) is 0. The molecule has 2 nitrogen and oxygen atoms in total. The lowest BCUT2D eigenvalue weighted by molar-refractivity contribution is 0.673. The van der Waals surface area contributed by atoms with Gasteiger partial charge in [-0.2, -0.15) is 0 Å². The van der Waals surface area contributed by atoms with Gasteiger partial charge in [0.1, 0.15) is 15.8 Å². The summed E-state index contributed by atoms with van der Waals surface area (Å²) >= 11 is 0. The van der Waals surface area contributed by atoms with E-state index in [9.17, 15) is 4.21 Å². The van der Waals surface area contributed by atoms with Gasteiger partial charge in [0.2, 0.25) is 0 Å². The van der Waals surface area contributed by atoms with Crippen LogP contribution in [0, 0.1) is 13.8 Å². The van der Waals surface area contributed by atoms with Crippen LogP contribution in [0.25, 0.3) is 11.1 Å². The lowest BCUT2D eigenvalue weighted by Gasteiger charge is -2.17. The van der Waals surface area contributed by atoms with E-state index >= 15 is 0 Å². The summed E-state index contributed by atoms with van der Waals surface area (Å²) in [6.45, 7) is 4.15. The van der Waals surface area contributed by atoms with Crippen LogP contribution in [0.4, 0.5) is 0 Å². The topological polar surface area (TPSA) is 29.4 Å². The zero-order valence-corrected chi connectivity index (χ0v) is 17.9. The van der Waals surface area contributed by atoms with E-state index in [1.54, 1.807) is 0 Å². The molecule has 1 heterocycles. The van der Waals surface area contributed by atoms with E-state index in [-0.39, 0.29) is 6.04 Å². The molecule has 1 aliphatic rings. The summed E-state index contributed by atoms with van der Waals surface area (Å²) in [5.41, 5.74) is 6.54. The van der Waals surface area contributed by atoms with E-state index in [1.165, 1.54) is 11.1 Å². The van der Waals surface area contributed by atoms with Crippen LogP contribution in [0.1, 0.15) is 28.3 Å². The van der Waals surface area contributed by atoms with E-state index in [0.717, 1.165) is 32.0 Å². The lowest BCUT2D eigenvalue weighted by Crippen LogP contribution is -2.05. The van der Waals surface area contributed by atoms with Crippen molar-refractivity contribution in [3.8, 4) is 11.1 Å². The standard InChI is InChI=1S/C27H23NOS/c1-19-11-15-21(16-12-19)27(22-17-13-20(2)14-18-22)28-30(29)25-9-5-3-7-23(25)24-8-4-6-10-26(24)30/h3-18,27H,1-2H3. The molecule has 0 unspecified atom stereocenters. The lowest BCUT2D eigenvalue weighted by atomic mass is 9.98. The van der Waals surface area contributed by atoms with E-state index in [4.69, 9.17) is 4.36 Å². The normalized spacial score (nSPS) is 13.7. The Kier molecular flexibility index (Phi) is 4.56. The summed E-state index contributed by atoms with van der Waals surface area (Å²) in [6, 6.07) is 32.4. The van der Waals surface area contributed by atoms with Gasteiger partial charge >= 0.3 is 0 Å². The van der Waals surface area contributed by atoms with Crippen LogP contribution in [0.3, 0.4) is 0 Å². The van der Waals surface area contributed by atoms with Crippen molar-refractivity contribution in [1.82, 2.24) is 0 Å². The zero-order chi connectivity index (χ0) is 20.7. The highest BCUT2D eigenvalue weighted by Crippen LogP contribution is 2.46. The fourth-order valence-corrected chi connectivity index (χ4v) is 6.54. The van der Waals surface area contributed by atoms with Crippen LogP contribution in [-0.2, 0) is 9.73 Å². The minimum absolute atomic E-state index is 0.307. The molecular formula is C27H23NOS. The van der Waals surface area contributed by atoms with Crippen molar-refractivity contribution in [2.24, 2.45) is 4.36 Å². The molecular weight excluding hydrogens is 386 g/mol. The predicted molar refractivity (Wildman–Crippen MR) is 123 cm³/mol. The highest BCUT2D eigenvalue weighted by atomic mass is 32.2. The Morgan fingerprint density at radius 2 is 1.00 bits per heavy atom. The van der Waals surface area contributed by atoms with Crippen LogP contribution in [0.15, 0.2) is 111 Å². The van der Waals surface area contributed by atoms with Crippen LogP contribution < -0.4 is 0 Å². The van der Waals surface area contributed by atoms with Gasteiger partial charge in [-0.05, 0) is 37.1 Å². The Hall–Kier alpha value is -3.17. The highest BCUT2D eigenvalue weighted by molar-refractivity contribution is 7.94. The molecule has 0 N–H and O–H groups in total. The molecule has 0 spiro atoms. The first-order chi connectivity index (χ1) is 14.6. The first-order valence-electron chi connectivity index (χ1n) is 10.1. The third-order valence-corrected chi connectivity index (χ3v) is 8.11. The van der Waals surface area contributed by atoms with Gasteiger partial charge in [0, 0.05) is 11.1 Å². The number of aryl methyl sites for hydroxylation is 2. The maximum absolute atomic E-state index is 14.6. The van der Waals surface area contributed by atoms with Gasteiger partial charge in [0.05, 0.1) is 9.79 Å². The molecule has 1 aliphatic heterocycles. The second-order valence-electron chi connectivity index (χ2n) is 7.85. The molecule has 0 fully saturated rings. The van der Waals surface area contributed by atoms with Crippen LogP contribution in [0.2, 0.25) is 0 Å². The molecule has 0 radical (unpaired) electrons. The largest absolute Gasteiger partial charge is 0.240 e. The van der Waals surface area contributed by atoms with Gasteiger partial charge in [-0.1, -0.05) is 96.1 Å². The first kappa shape index (κ1) is 18.8. The summed E-state index contributed by atoms with van der Waals surface area (Å²) < 4.78 is 19.7. The molecule has 4 aromatic carbocycles. The smallest absolute Gasteiger partial charge is 0.110 e. The minimum Gasteiger partial charge on any atom is -0.240 e. The maximum atomic E-state index is 14.6. The fourth-order valence-electron chi connectivity index (χ4n) is 4.05. The summed E-state index contributed by atoms with van der Waals surface area (Å²) in [6.07, 6.45) is 0. The van der Waals surface area contributed by atoms with Gasteiger partial charge in [0.25, 0.3) is 0 Å². The maximum Gasteiger partial charge on any atom is 0.110 e. The van der Waals surface area contributed by atoms with Crippen LogP contribution in [0.5, 0.6) is 0 Å². The van der Waals surface area contributed by atoms with Crippen molar-refractivity contribution in [3.05, 3.63) is 119 Å². The molecule has 0 atom stereocenters. The second-order valence-corrected chi connectivity index (χ2v) is 9.99. The third kappa shape index (κ3) is 3.06. The molecule has 4 aromatic rings. The highest BCUT2D eigenvalue weighted by Gasteiger charge is 2.32. The molecule has 3 heteroatoms. The second kappa shape index (κ2) is 7.26. The summed E-state index contributed by atoms with van der Waals surface area (Å²) in [4.78, 5) is 1.63. The summed E-state index contributed by atoms with van der Waals surface area (Å²) in [5, 5.41) is 0. The van der Waals surface area contributed by atoms with Gasteiger partial charge in [-0.15, -0.1) is 0 Å². The average molecular weight is 410 g/mol. The minimum atomic E-state index is -2.76. The Balaban J connectivity index is 1.79. The van der Waals surface area contributed by atoms with Gasteiger partial charge in [0.15, 0.2) is 0 Å². The van der Waals surface area contributed by atoms with Crippen molar-refractivity contribution in [2.45, 2.75) is 29.7 Å². The number of hydrogen-bond acceptors (Lipinski definition) is 2. The fraction of sp³-hybridized carbons (Fsp3) is 0.111. The average Bonchev–Trinajstić information content (AvgIpc) is 3.03. The van der Waals surface area contributed by atoms with Crippen molar-refractivity contribution in [3.63, 3.8) is 0 Å². The Labute approximate surface area is 178 Å². The molecule has 0 bridgehead atoms. The molecule has 5 rings (SSSR count). The Bertz CT molecular complexity index is 1250. The zero-order valence-electron chi connectivity index (χ0n) is 17.1. The molecule has 0 saturated heterocycles. The van der Waals surface area contributed by atoms with E-state index in [0.29, 0.717) is 0 Å². The van der Waals surface area contributed by atoms with Crippen molar-refractivity contribution in [1.29, 1.82) is 0 Å². The Morgan fingerprint density at radius 3 is 1.43 bits per heavy atom. The first-order valence-corrected chi connectivity index (χ1v) is 11.7. The van der Waals surface area contributed by atoms with Crippen molar-refractivity contribution in [2.75, 3.05) is 0 Å². The summed E-state index contributed by atoms with van der Waals surface area (Å²) in [7, 11) is -2.76. The predicted octanol–water partition coefficient (Wildman–Crippen LogP) is 6.96. The SMILES string of the molecule is Cc1ccc(C(N=S2(=O)c3ccccc3-c3ccccc32)c2ccc(C)cc2)cc1. The monoisotopic (exact) mass is 409 g/mol. The van der Waals surface area contributed by atoms with Gasteiger partial charge < -0.3 is 0 Å². The van der Waals surface area contributed by atoms with E-state index < -0.39 is 9.73 Å². The van der Waals surface area contributed by atoms with Crippen LogP contribution in [-0.4, -0.2) is 4.21 Å². The number of fused-ring (bicyclic) bond motifs is 3. The number of rotatable bonds is 3. The molecule has 148 valence electrons. The molecule has 30 heavy (non-hydrogen) atoms. The number of benzene rings is 4. The summed E-state index contributed by atoms with van der Waals surface area (Å²) in [5.74, 6) is 0. The Morgan fingerprint density at radius 1 is 0.600 bits per heavy atom. The molecule has 0 aromatic heterocycles. The van der Waals surface area contributed by atoms with Crippen molar-refractivity contribution >= 4 is 9.73 Å². The molecule has 0 amide bonds. The van der Waals surface area contributed by atoms with Gasteiger partial charge in [-0.3, -0.25) is 0 Å². The van der Waals surface area contributed by atoms with E-state index in [1.807, 2.05) is 48.5 Å². The van der Waals surface area contributed by atoms with E-state index in [2.05, 4.69) is 62.4 Å². The molecule has 0 aliphatic carbocycles. The van der Waals surface area contributed by atoms with Gasteiger partial charge in [-0.25, -0.2) is 8.57 Å². The van der Waals surface area contributed by atoms with Crippen LogP contribution >= 0.6 is 0 Å². The third-order valence-electron chi connectivity index (χ3n) is 5.70. The molecule has 0 saturated carbocycles. The quantitative estimate of drug-likeness (QED) is 0.317. The van der Waals surface area contributed by atoms with Crippen molar-refractivity contribution < 1.29 is 4.21 Å².